The molecule has 12 heavy (non-hydrogen) atoms. The van der Waals surface area contributed by atoms with Crippen LogP contribution in [-0.4, -0.2) is 11.0 Å². The minimum Gasteiger partial charge on any atom is -0.367 e. The van der Waals surface area contributed by atoms with Crippen LogP contribution in [0.2, 0.25) is 0 Å². The summed E-state index contributed by atoms with van der Waals surface area (Å²) in [4.78, 5) is 4.38. The molecule has 2 heteroatoms. The number of rotatable bonds is 2. The lowest BCUT2D eigenvalue weighted by atomic mass is 10.3. The molecular formula is C10H14N2. The van der Waals surface area contributed by atoms with Crippen LogP contribution in [0.15, 0.2) is 18.2 Å². The normalized spacial score (nSPS) is 26.8. The molecule has 0 radical (unpaired) electrons. The molecule has 1 N–H and O–H groups in total. The van der Waals surface area contributed by atoms with Gasteiger partial charge in [0.15, 0.2) is 0 Å². The van der Waals surface area contributed by atoms with Gasteiger partial charge >= 0.3 is 0 Å². The standard InChI is InChI=1S/C10H14N2/c1-7-6-9(7)12-10-5-3-4-8(2)11-10/h3-5,7,9H,6H2,1-2H3,(H,11,12)/t7-,9-/m1/s1. The Morgan fingerprint density at radius 1 is 1.50 bits per heavy atom. The maximum absolute atomic E-state index is 4.38. The third-order valence-corrected chi connectivity index (χ3v) is 2.33. The van der Waals surface area contributed by atoms with Crippen LogP contribution >= 0.6 is 0 Å². The average molecular weight is 162 g/mol. The van der Waals surface area contributed by atoms with Crippen molar-refractivity contribution in [2.75, 3.05) is 5.32 Å². The summed E-state index contributed by atoms with van der Waals surface area (Å²) in [5, 5.41) is 3.40. The van der Waals surface area contributed by atoms with Gasteiger partial charge < -0.3 is 5.32 Å². The highest BCUT2D eigenvalue weighted by Gasteiger charge is 2.32. The number of aryl methyl sites for hydroxylation is 1. The van der Waals surface area contributed by atoms with Gasteiger partial charge in [-0.1, -0.05) is 13.0 Å². The van der Waals surface area contributed by atoms with Crippen molar-refractivity contribution in [3.63, 3.8) is 0 Å². The van der Waals surface area contributed by atoms with Crippen molar-refractivity contribution in [3.05, 3.63) is 23.9 Å². The third-order valence-electron chi connectivity index (χ3n) is 2.33. The van der Waals surface area contributed by atoms with E-state index in [0.717, 1.165) is 17.4 Å². The Morgan fingerprint density at radius 3 is 2.83 bits per heavy atom. The Balaban J connectivity index is 2.03. The Labute approximate surface area is 73.0 Å². The van der Waals surface area contributed by atoms with Crippen molar-refractivity contribution < 1.29 is 0 Å². The first-order chi connectivity index (χ1) is 5.75. The van der Waals surface area contributed by atoms with E-state index in [1.165, 1.54) is 6.42 Å². The van der Waals surface area contributed by atoms with E-state index in [1.807, 2.05) is 25.1 Å². The average Bonchev–Trinajstić information content (AvgIpc) is 2.66. The molecule has 1 aromatic rings. The predicted octanol–water partition coefficient (Wildman–Crippen LogP) is 2.21. The fraction of sp³-hybridized carbons (Fsp3) is 0.500. The fourth-order valence-electron chi connectivity index (χ4n) is 1.34. The molecule has 1 saturated carbocycles. The maximum Gasteiger partial charge on any atom is 0.126 e. The van der Waals surface area contributed by atoms with E-state index < -0.39 is 0 Å². The van der Waals surface area contributed by atoms with Gasteiger partial charge in [-0.3, -0.25) is 0 Å². The van der Waals surface area contributed by atoms with Gasteiger partial charge in [-0.15, -0.1) is 0 Å². The predicted molar refractivity (Wildman–Crippen MR) is 50.2 cm³/mol. The van der Waals surface area contributed by atoms with Crippen molar-refractivity contribution in [3.8, 4) is 0 Å². The molecule has 1 aliphatic rings. The van der Waals surface area contributed by atoms with Crippen LogP contribution in [0.3, 0.4) is 0 Å². The van der Waals surface area contributed by atoms with Crippen molar-refractivity contribution >= 4 is 5.82 Å². The molecule has 1 fully saturated rings. The molecule has 1 aliphatic carbocycles. The minimum absolute atomic E-state index is 0.666. The number of hydrogen-bond donors (Lipinski definition) is 1. The van der Waals surface area contributed by atoms with Gasteiger partial charge in [-0.25, -0.2) is 4.98 Å². The molecule has 1 aromatic heterocycles. The van der Waals surface area contributed by atoms with Gasteiger partial charge in [0.25, 0.3) is 0 Å². The summed E-state index contributed by atoms with van der Waals surface area (Å²) >= 11 is 0. The maximum atomic E-state index is 4.38. The van der Waals surface area contributed by atoms with Crippen LogP contribution in [0.25, 0.3) is 0 Å². The lowest BCUT2D eigenvalue weighted by Crippen LogP contribution is -2.05. The molecule has 64 valence electrons. The zero-order valence-electron chi connectivity index (χ0n) is 7.54. The molecule has 2 nitrogen and oxygen atoms in total. The summed E-state index contributed by atoms with van der Waals surface area (Å²) in [5.74, 6) is 1.84. The van der Waals surface area contributed by atoms with Crippen molar-refractivity contribution in [2.45, 2.75) is 26.3 Å². The number of nitrogens with one attached hydrogen (secondary N) is 1. The second kappa shape index (κ2) is 2.77. The van der Waals surface area contributed by atoms with Gasteiger partial charge in [0.05, 0.1) is 0 Å². The van der Waals surface area contributed by atoms with E-state index in [1.54, 1.807) is 0 Å². The first-order valence-corrected chi connectivity index (χ1v) is 4.46. The van der Waals surface area contributed by atoms with E-state index in [4.69, 9.17) is 0 Å². The van der Waals surface area contributed by atoms with Crippen molar-refractivity contribution in [2.24, 2.45) is 5.92 Å². The highest BCUT2D eigenvalue weighted by atomic mass is 15.0. The van der Waals surface area contributed by atoms with E-state index >= 15 is 0 Å². The third kappa shape index (κ3) is 1.58. The zero-order valence-corrected chi connectivity index (χ0v) is 7.54. The monoisotopic (exact) mass is 162 g/mol. The first kappa shape index (κ1) is 7.59. The summed E-state index contributed by atoms with van der Waals surface area (Å²) < 4.78 is 0. The van der Waals surface area contributed by atoms with Gasteiger partial charge in [0, 0.05) is 11.7 Å². The summed E-state index contributed by atoms with van der Waals surface area (Å²) in [6.45, 7) is 4.27. The number of hydrogen-bond acceptors (Lipinski definition) is 2. The molecule has 0 aromatic carbocycles. The molecule has 1 heterocycles. The minimum atomic E-state index is 0.666. The van der Waals surface area contributed by atoms with E-state index in [-0.39, 0.29) is 0 Å². The lowest BCUT2D eigenvalue weighted by molar-refractivity contribution is 0.922. The summed E-state index contributed by atoms with van der Waals surface area (Å²) in [5.41, 5.74) is 1.08. The van der Waals surface area contributed by atoms with Crippen LogP contribution in [0.1, 0.15) is 19.0 Å². The SMILES string of the molecule is Cc1cccc(N[C@@H]2C[C@H]2C)n1. The molecule has 0 unspecified atom stereocenters. The highest BCUT2D eigenvalue weighted by molar-refractivity contribution is 5.38. The van der Waals surface area contributed by atoms with Crippen LogP contribution in [-0.2, 0) is 0 Å². The molecule has 0 saturated heterocycles. The van der Waals surface area contributed by atoms with Crippen LogP contribution in [0.4, 0.5) is 5.82 Å². The summed E-state index contributed by atoms with van der Waals surface area (Å²) in [6, 6.07) is 6.75. The first-order valence-electron chi connectivity index (χ1n) is 4.46. The number of pyridine rings is 1. The van der Waals surface area contributed by atoms with E-state index in [9.17, 15) is 0 Å². The second-order valence-corrected chi connectivity index (χ2v) is 3.63. The molecule has 0 bridgehead atoms. The van der Waals surface area contributed by atoms with Crippen LogP contribution in [0, 0.1) is 12.8 Å². The number of aromatic nitrogens is 1. The van der Waals surface area contributed by atoms with Gasteiger partial charge in [0.1, 0.15) is 5.82 Å². The fourth-order valence-corrected chi connectivity index (χ4v) is 1.34. The van der Waals surface area contributed by atoms with Gasteiger partial charge in [-0.2, -0.15) is 0 Å². The molecule has 0 aliphatic heterocycles. The molecule has 2 atom stereocenters. The second-order valence-electron chi connectivity index (χ2n) is 3.63. The quantitative estimate of drug-likeness (QED) is 0.721. The van der Waals surface area contributed by atoms with Gasteiger partial charge in [0.2, 0.25) is 0 Å². The molecular weight excluding hydrogens is 148 g/mol. The van der Waals surface area contributed by atoms with Gasteiger partial charge in [-0.05, 0) is 31.4 Å². The van der Waals surface area contributed by atoms with Crippen LogP contribution in [0.5, 0.6) is 0 Å². The lowest BCUT2D eigenvalue weighted by Gasteiger charge is -2.03. The Kier molecular flexibility index (Phi) is 1.75. The summed E-state index contributed by atoms with van der Waals surface area (Å²) in [6.07, 6.45) is 1.29. The molecule has 0 amide bonds. The largest absolute Gasteiger partial charge is 0.367 e. The highest BCUT2D eigenvalue weighted by Crippen LogP contribution is 2.31. The topological polar surface area (TPSA) is 24.9 Å². The summed E-state index contributed by atoms with van der Waals surface area (Å²) in [7, 11) is 0. The van der Waals surface area contributed by atoms with E-state index in [0.29, 0.717) is 6.04 Å². The van der Waals surface area contributed by atoms with E-state index in [2.05, 4.69) is 17.2 Å². The van der Waals surface area contributed by atoms with Crippen LogP contribution < -0.4 is 5.32 Å². The van der Waals surface area contributed by atoms with Crippen molar-refractivity contribution in [1.29, 1.82) is 0 Å². The Bertz CT molecular complexity index is 283. The Hall–Kier alpha value is -1.05. The smallest absolute Gasteiger partial charge is 0.126 e. The molecule has 2 rings (SSSR count). The zero-order chi connectivity index (χ0) is 8.55. The number of nitrogens with zero attached hydrogens (tertiary/aromatic N) is 1. The molecule has 0 spiro atoms. The Morgan fingerprint density at radius 2 is 2.25 bits per heavy atom. The number of anilines is 1. The van der Waals surface area contributed by atoms with Crippen molar-refractivity contribution in [1.82, 2.24) is 4.98 Å².